The summed E-state index contributed by atoms with van der Waals surface area (Å²) in [6.45, 7) is 6.15. The van der Waals surface area contributed by atoms with Crippen LogP contribution in [0.25, 0.3) is 6.08 Å². The number of aromatic nitrogens is 1. The van der Waals surface area contributed by atoms with E-state index in [9.17, 15) is 9.59 Å². The Balaban J connectivity index is 1.63. The third-order valence-electron chi connectivity index (χ3n) is 6.31. The van der Waals surface area contributed by atoms with Crippen molar-refractivity contribution in [3.05, 3.63) is 133 Å². The fraction of sp³-hybridized carbons (Fsp3) is 0.167. The summed E-state index contributed by atoms with van der Waals surface area (Å²) in [5.74, 6) is 0.175. The highest BCUT2D eigenvalue weighted by Crippen LogP contribution is 2.30. The van der Waals surface area contributed by atoms with Crippen LogP contribution >= 0.6 is 11.3 Å². The summed E-state index contributed by atoms with van der Waals surface area (Å²) in [5, 5.41) is 2.98. The molecule has 1 aliphatic heterocycles. The van der Waals surface area contributed by atoms with Crippen LogP contribution in [0, 0.1) is 0 Å². The molecule has 5 nitrogen and oxygen atoms in total. The SMILES string of the molecule is CC1=C(C(=O)Nc2ccccc2)[C@H](c2ccccc2)n2c(s/c(=C\c3ccc(C(C)C)cc3)c2=O)=N1. The maximum atomic E-state index is 13.7. The number of hydrogen-bond acceptors (Lipinski definition) is 4. The number of carbonyl (C=O) groups is 1. The molecule has 0 unspecified atom stereocenters. The van der Waals surface area contributed by atoms with Gasteiger partial charge in [-0.05, 0) is 47.7 Å². The van der Waals surface area contributed by atoms with Gasteiger partial charge in [0.2, 0.25) is 0 Å². The van der Waals surface area contributed by atoms with Crippen molar-refractivity contribution in [1.82, 2.24) is 4.57 Å². The van der Waals surface area contributed by atoms with E-state index in [-0.39, 0.29) is 11.5 Å². The van der Waals surface area contributed by atoms with Crippen LogP contribution in [0.3, 0.4) is 0 Å². The van der Waals surface area contributed by atoms with Crippen LogP contribution in [-0.2, 0) is 4.79 Å². The first-order valence-electron chi connectivity index (χ1n) is 12.0. The molecule has 180 valence electrons. The number of carbonyl (C=O) groups excluding carboxylic acids is 1. The lowest BCUT2D eigenvalue weighted by atomic mass is 9.95. The summed E-state index contributed by atoms with van der Waals surface area (Å²) >= 11 is 1.35. The van der Waals surface area contributed by atoms with Crippen molar-refractivity contribution in [3.8, 4) is 0 Å². The molecule has 4 aromatic rings. The Kier molecular flexibility index (Phi) is 6.53. The van der Waals surface area contributed by atoms with Gasteiger partial charge in [0.25, 0.3) is 11.5 Å². The lowest BCUT2D eigenvalue weighted by Crippen LogP contribution is -2.40. The Labute approximate surface area is 213 Å². The summed E-state index contributed by atoms with van der Waals surface area (Å²) in [6, 6.07) is 26.7. The summed E-state index contributed by atoms with van der Waals surface area (Å²) < 4.78 is 2.24. The molecule has 1 amide bonds. The van der Waals surface area contributed by atoms with E-state index in [1.807, 2.05) is 85.8 Å². The molecule has 2 heterocycles. The van der Waals surface area contributed by atoms with E-state index < -0.39 is 6.04 Å². The van der Waals surface area contributed by atoms with E-state index in [0.29, 0.717) is 32.2 Å². The monoisotopic (exact) mass is 493 g/mol. The van der Waals surface area contributed by atoms with Crippen molar-refractivity contribution < 1.29 is 4.79 Å². The van der Waals surface area contributed by atoms with E-state index in [1.165, 1.54) is 16.9 Å². The van der Waals surface area contributed by atoms with E-state index in [2.05, 4.69) is 31.3 Å². The summed E-state index contributed by atoms with van der Waals surface area (Å²) in [5.41, 5.74) is 4.67. The van der Waals surface area contributed by atoms with E-state index in [0.717, 1.165) is 11.1 Å². The molecular weight excluding hydrogens is 466 g/mol. The summed E-state index contributed by atoms with van der Waals surface area (Å²) in [7, 11) is 0. The van der Waals surface area contributed by atoms with Crippen LogP contribution in [-0.4, -0.2) is 10.5 Å². The number of thiazole rings is 1. The lowest BCUT2D eigenvalue weighted by Gasteiger charge is -2.25. The second-order valence-corrected chi connectivity index (χ2v) is 10.1. The van der Waals surface area contributed by atoms with Crippen molar-refractivity contribution in [2.75, 3.05) is 5.32 Å². The molecule has 3 aromatic carbocycles. The number of para-hydroxylation sites is 1. The summed E-state index contributed by atoms with van der Waals surface area (Å²) in [6.07, 6.45) is 1.90. The van der Waals surface area contributed by atoms with Crippen molar-refractivity contribution in [1.29, 1.82) is 0 Å². The Morgan fingerprint density at radius 3 is 2.25 bits per heavy atom. The molecule has 36 heavy (non-hydrogen) atoms. The molecule has 0 radical (unpaired) electrons. The number of amides is 1. The Bertz CT molecular complexity index is 1610. The number of hydrogen-bond donors (Lipinski definition) is 1. The fourth-order valence-corrected chi connectivity index (χ4v) is 5.46. The molecule has 0 fully saturated rings. The molecule has 1 N–H and O–H groups in total. The van der Waals surface area contributed by atoms with Gasteiger partial charge in [-0.3, -0.25) is 14.2 Å². The van der Waals surface area contributed by atoms with E-state index >= 15 is 0 Å². The Morgan fingerprint density at radius 2 is 1.61 bits per heavy atom. The number of allylic oxidation sites excluding steroid dienone is 1. The Morgan fingerprint density at radius 1 is 0.972 bits per heavy atom. The zero-order valence-corrected chi connectivity index (χ0v) is 21.3. The van der Waals surface area contributed by atoms with Crippen LogP contribution in [0.1, 0.15) is 49.4 Å². The highest BCUT2D eigenvalue weighted by molar-refractivity contribution is 7.07. The molecular formula is C30H27N3O2S. The molecule has 0 saturated heterocycles. The number of fused-ring (bicyclic) bond motifs is 1. The first-order valence-corrected chi connectivity index (χ1v) is 12.8. The van der Waals surface area contributed by atoms with Gasteiger partial charge >= 0.3 is 0 Å². The van der Waals surface area contributed by atoms with Crippen LogP contribution in [0.2, 0.25) is 0 Å². The van der Waals surface area contributed by atoms with Crippen molar-refractivity contribution in [3.63, 3.8) is 0 Å². The van der Waals surface area contributed by atoms with Crippen molar-refractivity contribution in [2.45, 2.75) is 32.7 Å². The predicted molar refractivity (Wildman–Crippen MR) is 146 cm³/mol. The first kappa shape index (κ1) is 23.7. The highest BCUT2D eigenvalue weighted by Gasteiger charge is 2.32. The van der Waals surface area contributed by atoms with Gasteiger partial charge in [0.15, 0.2) is 4.80 Å². The maximum absolute atomic E-state index is 13.7. The largest absolute Gasteiger partial charge is 0.322 e. The second kappa shape index (κ2) is 9.91. The van der Waals surface area contributed by atoms with Crippen LogP contribution in [0.4, 0.5) is 5.69 Å². The first-order chi connectivity index (χ1) is 17.4. The third kappa shape index (κ3) is 4.60. The zero-order valence-electron chi connectivity index (χ0n) is 20.4. The third-order valence-corrected chi connectivity index (χ3v) is 7.30. The number of anilines is 1. The number of rotatable bonds is 5. The molecule has 0 spiro atoms. The lowest BCUT2D eigenvalue weighted by molar-refractivity contribution is -0.113. The minimum Gasteiger partial charge on any atom is -0.322 e. The standard InChI is InChI=1S/C30H27N3O2S/c1-19(2)22-16-14-21(15-17-22)18-25-29(35)33-27(23-10-6-4-7-11-23)26(20(3)31-30(33)36-25)28(34)32-24-12-8-5-9-13-24/h4-19,27H,1-3H3,(H,32,34)/b25-18-/t27-/m0/s1. The van der Waals surface area contributed by atoms with E-state index in [1.54, 1.807) is 4.57 Å². The van der Waals surface area contributed by atoms with Crippen LogP contribution in [0.5, 0.6) is 0 Å². The zero-order chi connectivity index (χ0) is 25.2. The minimum absolute atomic E-state index is 0.155. The Hall–Kier alpha value is -4.03. The number of nitrogens with one attached hydrogen (secondary N) is 1. The van der Waals surface area contributed by atoms with Gasteiger partial charge in [-0.25, -0.2) is 4.99 Å². The fourth-order valence-electron chi connectivity index (χ4n) is 4.41. The molecule has 0 saturated carbocycles. The van der Waals surface area contributed by atoms with Gasteiger partial charge < -0.3 is 5.32 Å². The topological polar surface area (TPSA) is 63.5 Å². The quantitative estimate of drug-likeness (QED) is 0.425. The normalized spacial score (nSPS) is 15.6. The number of benzene rings is 3. The summed E-state index contributed by atoms with van der Waals surface area (Å²) in [4.78, 5) is 32.6. The van der Waals surface area contributed by atoms with Gasteiger partial charge in [0.05, 0.1) is 21.8 Å². The highest BCUT2D eigenvalue weighted by atomic mass is 32.1. The number of nitrogens with zero attached hydrogens (tertiary/aromatic N) is 2. The molecule has 6 heteroatoms. The molecule has 5 rings (SSSR count). The van der Waals surface area contributed by atoms with Gasteiger partial charge in [-0.2, -0.15) is 0 Å². The second-order valence-electron chi connectivity index (χ2n) is 9.13. The van der Waals surface area contributed by atoms with Gasteiger partial charge in [-0.1, -0.05) is 98.0 Å². The van der Waals surface area contributed by atoms with E-state index in [4.69, 9.17) is 4.99 Å². The van der Waals surface area contributed by atoms with Gasteiger partial charge in [-0.15, -0.1) is 0 Å². The van der Waals surface area contributed by atoms with Crippen LogP contribution in [0.15, 0.2) is 106 Å². The smallest absolute Gasteiger partial charge is 0.271 e. The average Bonchev–Trinajstić information content (AvgIpc) is 3.18. The molecule has 1 aromatic heterocycles. The van der Waals surface area contributed by atoms with Gasteiger partial charge in [0, 0.05) is 5.69 Å². The molecule has 0 aliphatic carbocycles. The predicted octanol–water partition coefficient (Wildman–Crippen LogP) is 5.00. The minimum atomic E-state index is -0.573. The van der Waals surface area contributed by atoms with Gasteiger partial charge in [0.1, 0.15) is 0 Å². The van der Waals surface area contributed by atoms with Crippen LogP contribution < -0.4 is 20.2 Å². The van der Waals surface area contributed by atoms with Crippen molar-refractivity contribution >= 4 is 29.0 Å². The molecule has 1 atom stereocenters. The molecule has 0 bridgehead atoms. The molecule has 1 aliphatic rings. The average molecular weight is 494 g/mol. The van der Waals surface area contributed by atoms with Crippen molar-refractivity contribution in [2.24, 2.45) is 4.99 Å². The maximum Gasteiger partial charge on any atom is 0.271 e.